The van der Waals surface area contributed by atoms with Crippen molar-refractivity contribution in [1.29, 1.82) is 0 Å². The maximum atomic E-state index is 13.2. The minimum atomic E-state index is -0.672. The third-order valence-electron chi connectivity index (χ3n) is 6.10. The van der Waals surface area contributed by atoms with Gasteiger partial charge in [0.2, 0.25) is 5.91 Å². The van der Waals surface area contributed by atoms with Crippen molar-refractivity contribution in [2.24, 2.45) is 0 Å². The number of hydrogen-bond donors (Lipinski definition) is 2. The van der Waals surface area contributed by atoms with E-state index >= 15 is 0 Å². The number of nitro benzene ring substituents is 1. The van der Waals surface area contributed by atoms with Gasteiger partial charge in [0.05, 0.1) is 43.2 Å². The molecule has 0 saturated carbocycles. The third-order valence-corrected chi connectivity index (χ3v) is 6.10. The monoisotopic (exact) mass is 537 g/mol. The molecule has 0 bridgehead atoms. The Morgan fingerprint density at radius 1 is 0.974 bits per heavy atom. The average Bonchev–Trinajstić information content (AvgIpc) is 3.48. The first-order chi connectivity index (χ1) is 18.8. The van der Waals surface area contributed by atoms with Crippen molar-refractivity contribution < 1.29 is 33.2 Å². The van der Waals surface area contributed by atoms with Crippen LogP contribution in [0.4, 0.5) is 17.1 Å². The molecular formula is C26H27N5O8. The number of anilines is 2. The lowest BCUT2D eigenvalue weighted by molar-refractivity contribution is -0.384. The van der Waals surface area contributed by atoms with E-state index < -0.39 is 16.7 Å². The quantitative estimate of drug-likeness (QED) is 0.309. The minimum absolute atomic E-state index is 0.00785. The fraction of sp³-hybridized carbons (Fsp3) is 0.269. The van der Waals surface area contributed by atoms with Gasteiger partial charge in [-0.25, -0.2) is 0 Å². The highest BCUT2D eigenvalue weighted by Gasteiger charge is 2.25. The third kappa shape index (κ3) is 6.70. The smallest absolute Gasteiger partial charge is 0.289 e. The van der Waals surface area contributed by atoms with Gasteiger partial charge in [-0.1, -0.05) is 0 Å². The average molecular weight is 538 g/mol. The van der Waals surface area contributed by atoms with Gasteiger partial charge >= 0.3 is 0 Å². The lowest BCUT2D eigenvalue weighted by Crippen LogP contribution is -2.50. The van der Waals surface area contributed by atoms with Crippen molar-refractivity contribution in [3.8, 4) is 11.5 Å². The molecule has 0 radical (unpaired) electrons. The second-order valence-electron chi connectivity index (χ2n) is 8.64. The van der Waals surface area contributed by atoms with Gasteiger partial charge in [-0.05, 0) is 18.2 Å². The number of benzene rings is 2. The molecule has 4 rings (SSSR count). The summed E-state index contributed by atoms with van der Waals surface area (Å²) in [4.78, 5) is 52.7. The molecule has 2 heterocycles. The lowest BCUT2D eigenvalue weighted by Gasteiger charge is -2.33. The Morgan fingerprint density at radius 2 is 1.67 bits per heavy atom. The summed E-state index contributed by atoms with van der Waals surface area (Å²) in [6.07, 6.45) is 1.44. The number of piperazine rings is 1. The van der Waals surface area contributed by atoms with Crippen LogP contribution < -0.4 is 20.1 Å². The van der Waals surface area contributed by atoms with Gasteiger partial charge in [-0.2, -0.15) is 0 Å². The van der Waals surface area contributed by atoms with Crippen molar-refractivity contribution in [3.63, 3.8) is 0 Å². The molecule has 0 atom stereocenters. The van der Waals surface area contributed by atoms with Crippen molar-refractivity contribution in [1.82, 2.24) is 9.80 Å². The molecule has 1 saturated heterocycles. The van der Waals surface area contributed by atoms with E-state index in [0.29, 0.717) is 43.4 Å². The molecule has 3 aromatic rings. The highest BCUT2D eigenvalue weighted by atomic mass is 16.6. The summed E-state index contributed by atoms with van der Waals surface area (Å²) >= 11 is 0. The van der Waals surface area contributed by atoms with Crippen LogP contribution in [0.1, 0.15) is 20.9 Å². The first kappa shape index (κ1) is 27.1. The summed E-state index contributed by atoms with van der Waals surface area (Å²) < 4.78 is 15.6. The van der Waals surface area contributed by atoms with Gasteiger partial charge in [0.25, 0.3) is 17.5 Å². The fourth-order valence-corrected chi connectivity index (χ4v) is 4.08. The van der Waals surface area contributed by atoms with Crippen LogP contribution in [0.2, 0.25) is 0 Å². The predicted molar refractivity (Wildman–Crippen MR) is 140 cm³/mol. The summed E-state index contributed by atoms with van der Waals surface area (Å²) in [7, 11) is 2.93. The number of carbonyl (C=O) groups excluding carboxylic acids is 3. The van der Waals surface area contributed by atoms with E-state index in [9.17, 15) is 24.5 Å². The summed E-state index contributed by atoms with van der Waals surface area (Å²) in [5.74, 6) is -0.163. The van der Waals surface area contributed by atoms with E-state index in [1.807, 2.05) is 4.90 Å². The van der Waals surface area contributed by atoms with Gasteiger partial charge in [-0.15, -0.1) is 0 Å². The van der Waals surface area contributed by atoms with E-state index in [2.05, 4.69) is 10.6 Å². The maximum Gasteiger partial charge on any atom is 0.289 e. The number of furan rings is 1. The van der Waals surface area contributed by atoms with E-state index in [-0.39, 0.29) is 35.2 Å². The number of non-ortho nitro benzene ring substituents is 1. The van der Waals surface area contributed by atoms with Crippen LogP contribution >= 0.6 is 0 Å². The SMILES string of the molecule is COc1cc(NC(=O)c2cc([N+](=O)[O-])ccc2NC(=O)CN2CCN(C(=O)c3ccco3)CC2)cc(OC)c1. The number of nitrogens with zero attached hydrogens (tertiary/aromatic N) is 3. The Bertz CT molecular complexity index is 1340. The topological polar surface area (TPSA) is 156 Å². The molecule has 1 aliphatic heterocycles. The standard InChI is InChI=1S/C26H27N5O8/c1-37-19-12-17(13-20(15-19)38-2)27-25(33)21-14-18(31(35)36)5-6-22(21)28-24(32)16-29-7-9-30(10-8-29)26(34)23-4-3-11-39-23/h3-6,11-15H,7-10,16H2,1-2H3,(H,27,33)(H,28,32). The fourth-order valence-electron chi connectivity index (χ4n) is 4.08. The van der Waals surface area contributed by atoms with Crippen LogP contribution in [0.15, 0.2) is 59.2 Å². The molecule has 13 nitrogen and oxygen atoms in total. The zero-order chi connectivity index (χ0) is 27.9. The molecule has 0 aliphatic carbocycles. The Morgan fingerprint density at radius 3 is 2.26 bits per heavy atom. The normalized spacial score (nSPS) is 13.4. The van der Waals surface area contributed by atoms with Crippen LogP contribution in [0.3, 0.4) is 0 Å². The van der Waals surface area contributed by atoms with Gasteiger partial charge in [-0.3, -0.25) is 29.4 Å². The number of methoxy groups -OCH3 is 2. The molecule has 0 unspecified atom stereocenters. The number of rotatable bonds is 9. The van der Waals surface area contributed by atoms with Gasteiger partial charge < -0.3 is 29.4 Å². The summed E-state index contributed by atoms with van der Waals surface area (Å²) in [6.45, 7) is 1.77. The Kier molecular flexibility index (Phi) is 8.41. The Balaban J connectivity index is 1.43. The predicted octanol–water partition coefficient (Wildman–Crippen LogP) is 2.85. The molecule has 1 fully saturated rings. The first-order valence-corrected chi connectivity index (χ1v) is 11.9. The van der Waals surface area contributed by atoms with Gasteiger partial charge in [0.1, 0.15) is 11.5 Å². The summed E-state index contributed by atoms with van der Waals surface area (Å²) in [5, 5.41) is 16.7. The van der Waals surface area contributed by atoms with Crippen molar-refractivity contribution in [3.05, 3.63) is 76.2 Å². The zero-order valence-electron chi connectivity index (χ0n) is 21.3. The van der Waals surface area contributed by atoms with Crippen molar-refractivity contribution >= 4 is 34.8 Å². The highest BCUT2D eigenvalue weighted by molar-refractivity contribution is 6.10. The number of ether oxygens (including phenoxy) is 2. The van der Waals surface area contributed by atoms with E-state index in [4.69, 9.17) is 13.9 Å². The van der Waals surface area contributed by atoms with Crippen LogP contribution in [-0.2, 0) is 4.79 Å². The minimum Gasteiger partial charge on any atom is -0.497 e. The second kappa shape index (κ2) is 12.1. The number of nitrogens with one attached hydrogen (secondary N) is 2. The Labute approximate surface area is 223 Å². The molecule has 1 aromatic heterocycles. The number of nitro groups is 1. The molecule has 2 aromatic carbocycles. The van der Waals surface area contributed by atoms with Gasteiger partial charge in [0.15, 0.2) is 5.76 Å². The second-order valence-corrected chi connectivity index (χ2v) is 8.64. The molecule has 13 heteroatoms. The largest absolute Gasteiger partial charge is 0.497 e. The van der Waals surface area contributed by atoms with Crippen LogP contribution in [0.5, 0.6) is 11.5 Å². The maximum absolute atomic E-state index is 13.2. The number of hydrogen-bond acceptors (Lipinski definition) is 9. The Hall–Kier alpha value is -4.91. The van der Waals surface area contributed by atoms with Crippen LogP contribution in [0, 0.1) is 10.1 Å². The number of carbonyl (C=O) groups is 3. The van der Waals surface area contributed by atoms with E-state index in [1.165, 1.54) is 32.6 Å². The highest BCUT2D eigenvalue weighted by Crippen LogP contribution is 2.28. The summed E-state index contributed by atoms with van der Waals surface area (Å²) in [6, 6.07) is 11.6. The molecule has 3 amide bonds. The molecule has 2 N–H and O–H groups in total. The first-order valence-electron chi connectivity index (χ1n) is 11.9. The van der Waals surface area contributed by atoms with Crippen LogP contribution in [-0.4, -0.2) is 79.4 Å². The lowest BCUT2D eigenvalue weighted by atomic mass is 10.1. The molecule has 39 heavy (non-hydrogen) atoms. The van der Waals surface area contributed by atoms with Crippen molar-refractivity contribution in [2.45, 2.75) is 0 Å². The summed E-state index contributed by atoms with van der Waals surface area (Å²) in [5.41, 5.74) is 0.0541. The van der Waals surface area contributed by atoms with Crippen LogP contribution in [0.25, 0.3) is 0 Å². The zero-order valence-corrected chi connectivity index (χ0v) is 21.3. The molecule has 1 aliphatic rings. The molecule has 204 valence electrons. The molecule has 0 spiro atoms. The number of amides is 3. The van der Waals surface area contributed by atoms with Gasteiger partial charge in [0, 0.05) is 62.2 Å². The molecular weight excluding hydrogens is 510 g/mol. The van der Waals surface area contributed by atoms with E-state index in [1.54, 1.807) is 35.2 Å². The van der Waals surface area contributed by atoms with Crippen molar-refractivity contribution in [2.75, 3.05) is 57.6 Å². The van der Waals surface area contributed by atoms with E-state index in [0.717, 1.165) is 6.07 Å².